The number of fused-ring (bicyclic) bond motifs is 2. The zero-order valence-corrected chi connectivity index (χ0v) is 13.8. The zero-order chi connectivity index (χ0) is 14.9. The van der Waals surface area contributed by atoms with E-state index in [1.165, 1.54) is 32.1 Å². The molecule has 2 bridgehead atoms. The van der Waals surface area contributed by atoms with Crippen molar-refractivity contribution in [3.05, 3.63) is 0 Å². The molecular formula is C18H31N3O. The summed E-state index contributed by atoms with van der Waals surface area (Å²) in [7, 11) is 0. The number of nitrogens with zero attached hydrogens (tertiary/aromatic N) is 2. The Morgan fingerprint density at radius 1 is 1.05 bits per heavy atom. The van der Waals surface area contributed by atoms with Gasteiger partial charge in [-0.1, -0.05) is 6.42 Å². The van der Waals surface area contributed by atoms with Crippen molar-refractivity contribution in [1.82, 2.24) is 15.1 Å². The first kappa shape index (κ1) is 14.9. The van der Waals surface area contributed by atoms with Crippen LogP contribution in [-0.4, -0.2) is 61.0 Å². The molecule has 2 heterocycles. The van der Waals surface area contributed by atoms with E-state index < -0.39 is 0 Å². The standard InChI is InChI=1S/C18H31N3O/c22-18(4-2-14-5-6-19-13-14)21-9-7-20(8-10-21)17-12-15-1-3-16(17)11-15/h14-17,19H,1-13H2. The SMILES string of the molecule is O=C(CCC1CCNC1)N1CCN(C2CC3CCC2C3)CC1. The first-order chi connectivity index (χ1) is 10.8. The van der Waals surface area contributed by atoms with Gasteiger partial charge < -0.3 is 10.2 Å². The molecule has 4 fully saturated rings. The first-order valence-corrected chi connectivity index (χ1v) is 9.52. The summed E-state index contributed by atoms with van der Waals surface area (Å²) in [5.41, 5.74) is 0. The van der Waals surface area contributed by atoms with Gasteiger partial charge in [0.05, 0.1) is 0 Å². The Hall–Kier alpha value is -0.610. The molecule has 4 nitrogen and oxygen atoms in total. The minimum absolute atomic E-state index is 0.402. The fourth-order valence-electron chi connectivity index (χ4n) is 5.41. The number of carbonyl (C=O) groups excluding carboxylic acids is 1. The molecule has 22 heavy (non-hydrogen) atoms. The molecule has 4 rings (SSSR count). The van der Waals surface area contributed by atoms with Crippen molar-refractivity contribution in [3.63, 3.8) is 0 Å². The molecule has 0 aromatic heterocycles. The van der Waals surface area contributed by atoms with Gasteiger partial charge in [0, 0.05) is 38.6 Å². The van der Waals surface area contributed by atoms with Crippen LogP contribution in [0, 0.1) is 17.8 Å². The van der Waals surface area contributed by atoms with Gasteiger partial charge in [-0.25, -0.2) is 0 Å². The van der Waals surface area contributed by atoms with Gasteiger partial charge in [-0.3, -0.25) is 9.69 Å². The average molecular weight is 305 g/mol. The van der Waals surface area contributed by atoms with Gasteiger partial charge in [0.1, 0.15) is 0 Å². The summed E-state index contributed by atoms with van der Waals surface area (Å²) in [6, 6.07) is 0.848. The van der Waals surface area contributed by atoms with Crippen LogP contribution < -0.4 is 5.32 Å². The molecule has 0 aromatic carbocycles. The van der Waals surface area contributed by atoms with E-state index in [4.69, 9.17) is 0 Å². The summed E-state index contributed by atoms with van der Waals surface area (Å²) in [6.07, 6.45) is 8.97. The van der Waals surface area contributed by atoms with Crippen LogP contribution in [0.4, 0.5) is 0 Å². The molecule has 0 radical (unpaired) electrons. The van der Waals surface area contributed by atoms with E-state index in [1.807, 2.05) is 0 Å². The summed E-state index contributed by atoms with van der Waals surface area (Å²) in [5.74, 6) is 3.13. The minimum atomic E-state index is 0.402. The van der Waals surface area contributed by atoms with E-state index in [1.54, 1.807) is 0 Å². The molecule has 4 atom stereocenters. The van der Waals surface area contributed by atoms with Crippen molar-refractivity contribution in [2.45, 2.75) is 51.0 Å². The molecule has 2 aliphatic carbocycles. The Kier molecular flexibility index (Phi) is 4.40. The fourth-order valence-corrected chi connectivity index (χ4v) is 5.41. The lowest BCUT2D eigenvalue weighted by Crippen LogP contribution is -2.53. The molecule has 1 amide bonds. The van der Waals surface area contributed by atoms with Crippen LogP contribution >= 0.6 is 0 Å². The van der Waals surface area contributed by atoms with Gasteiger partial charge in [-0.15, -0.1) is 0 Å². The Morgan fingerprint density at radius 2 is 1.91 bits per heavy atom. The van der Waals surface area contributed by atoms with Gasteiger partial charge in [0.25, 0.3) is 0 Å². The number of rotatable bonds is 4. The van der Waals surface area contributed by atoms with Gasteiger partial charge in [-0.05, 0) is 62.9 Å². The fraction of sp³-hybridized carbons (Fsp3) is 0.944. The van der Waals surface area contributed by atoms with Crippen LogP contribution in [0.3, 0.4) is 0 Å². The quantitative estimate of drug-likeness (QED) is 0.859. The van der Waals surface area contributed by atoms with E-state index >= 15 is 0 Å². The molecule has 124 valence electrons. The van der Waals surface area contributed by atoms with E-state index in [0.717, 1.165) is 75.9 Å². The van der Waals surface area contributed by atoms with Crippen LogP contribution in [0.25, 0.3) is 0 Å². The summed E-state index contributed by atoms with van der Waals surface area (Å²) >= 11 is 0. The maximum absolute atomic E-state index is 12.4. The average Bonchev–Trinajstić information content (AvgIpc) is 3.30. The van der Waals surface area contributed by atoms with Gasteiger partial charge in [0.2, 0.25) is 5.91 Å². The van der Waals surface area contributed by atoms with Crippen LogP contribution in [-0.2, 0) is 4.79 Å². The molecule has 0 aromatic rings. The van der Waals surface area contributed by atoms with Gasteiger partial charge in [-0.2, -0.15) is 0 Å². The number of carbonyl (C=O) groups is 1. The Morgan fingerprint density at radius 3 is 2.55 bits per heavy atom. The zero-order valence-electron chi connectivity index (χ0n) is 13.8. The summed E-state index contributed by atoms with van der Waals surface area (Å²) in [5, 5.41) is 3.39. The Bertz CT molecular complexity index is 399. The Labute approximate surface area is 134 Å². The summed E-state index contributed by atoms with van der Waals surface area (Å²) in [4.78, 5) is 17.2. The van der Waals surface area contributed by atoms with Crippen LogP contribution in [0.1, 0.15) is 44.9 Å². The lowest BCUT2D eigenvalue weighted by molar-refractivity contribution is -0.133. The molecule has 4 heteroatoms. The highest BCUT2D eigenvalue weighted by molar-refractivity contribution is 5.76. The summed E-state index contributed by atoms with van der Waals surface area (Å²) < 4.78 is 0. The molecule has 1 N–H and O–H groups in total. The predicted molar refractivity (Wildman–Crippen MR) is 87.6 cm³/mol. The number of hydrogen-bond acceptors (Lipinski definition) is 3. The lowest BCUT2D eigenvalue weighted by Gasteiger charge is -2.41. The number of piperazine rings is 1. The third-order valence-corrected chi connectivity index (χ3v) is 6.77. The topological polar surface area (TPSA) is 35.6 Å². The predicted octanol–water partition coefficient (Wildman–Crippen LogP) is 1.71. The monoisotopic (exact) mass is 305 g/mol. The Balaban J connectivity index is 1.21. The van der Waals surface area contributed by atoms with Crippen molar-refractivity contribution >= 4 is 5.91 Å². The van der Waals surface area contributed by atoms with Crippen molar-refractivity contribution in [2.75, 3.05) is 39.3 Å². The van der Waals surface area contributed by atoms with E-state index in [2.05, 4.69) is 15.1 Å². The number of nitrogens with one attached hydrogen (secondary N) is 1. The lowest BCUT2D eigenvalue weighted by atomic mass is 9.93. The van der Waals surface area contributed by atoms with E-state index in [9.17, 15) is 4.79 Å². The second kappa shape index (κ2) is 6.48. The highest BCUT2D eigenvalue weighted by Crippen LogP contribution is 2.46. The highest BCUT2D eigenvalue weighted by Gasteiger charge is 2.42. The molecule has 0 spiro atoms. The second-order valence-electron chi connectivity index (χ2n) is 8.06. The van der Waals surface area contributed by atoms with Crippen molar-refractivity contribution < 1.29 is 4.79 Å². The van der Waals surface area contributed by atoms with Crippen molar-refractivity contribution in [1.29, 1.82) is 0 Å². The number of amides is 1. The highest BCUT2D eigenvalue weighted by atomic mass is 16.2. The molecule has 2 saturated carbocycles. The molecule has 4 unspecified atom stereocenters. The second-order valence-corrected chi connectivity index (χ2v) is 8.06. The molecule has 4 aliphatic rings. The van der Waals surface area contributed by atoms with Crippen LogP contribution in [0.2, 0.25) is 0 Å². The van der Waals surface area contributed by atoms with E-state index in [0.29, 0.717) is 5.91 Å². The maximum atomic E-state index is 12.4. The van der Waals surface area contributed by atoms with Gasteiger partial charge in [0.15, 0.2) is 0 Å². The van der Waals surface area contributed by atoms with Gasteiger partial charge >= 0.3 is 0 Å². The third-order valence-electron chi connectivity index (χ3n) is 6.77. The smallest absolute Gasteiger partial charge is 0.222 e. The van der Waals surface area contributed by atoms with Crippen molar-refractivity contribution in [2.24, 2.45) is 17.8 Å². The third kappa shape index (κ3) is 3.05. The maximum Gasteiger partial charge on any atom is 0.222 e. The van der Waals surface area contributed by atoms with Crippen molar-refractivity contribution in [3.8, 4) is 0 Å². The molecular weight excluding hydrogens is 274 g/mol. The normalized spacial score (nSPS) is 38.8. The van der Waals surface area contributed by atoms with E-state index in [-0.39, 0.29) is 0 Å². The minimum Gasteiger partial charge on any atom is -0.340 e. The summed E-state index contributed by atoms with van der Waals surface area (Å²) in [6.45, 7) is 6.42. The number of hydrogen-bond donors (Lipinski definition) is 1. The molecule has 2 saturated heterocycles. The largest absolute Gasteiger partial charge is 0.340 e. The van der Waals surface area contributed by atoms with Crippen LogP contribution in [0.15, 0.2) is 0 Å². The van der Waals surface area contributed by atoms with Crippen LogP contribution in [0.5, 0.6) is 0 Å². The first-order valence-electron chi connectivity index (χ1n) is 9.52. The molecule has 2 aliphatic heterocycles.